The predicted octanol–water partition coefficient (Wildman–Crippen LogP) is 6.21. The van der Waals surface area contributed by atoms with E-state index in [0.29, 0.717) is 19.0 Å². The summed E-state index contributed by atoms with van der Waals surface area (Å²) in [4.78, 5) is 4.20. The second kappa shape index (κ2) is 10.5. The minimum Gasteiger partial charge on any atom is -0.374 e. The fourth-order valence-electron chi connectivity index (χ4n) is 3.80. The number of amidine groups is 1. The molecule has 1 aliphatic heterocycles. The van der Waals surface area contributed by atoms with Crippen molar-refractivity contribution in [2.45, 2.75) is 42.0 Å². The largest absolute Gasteiger partial charge is 0.374 e. The summed E-state index contributed by atoms with van der Waals surface area (Å²) in [6.07, 6.45) is 0. The van der Waals surface area contributed by atoms with Gasteiger partial charge >= 0.3 is 0 Å². The number of rotatable bonds is 6. The van der Waals surface area contributed by atoms with E-state index < -0.39 is 0 Å². The van der Waals surface area contributed by atoms with E-state index in [-0.39, 0.29) is 14.0 Å². The van der Waals surface area contributed by atoms with E-state index in [1.165, 1.54) is 0 Å². The fourth-order valence-corrected chi connectivity index (χ4v) is 3.80. The van der Waals surface area contributed by atoms with Gasteiger partial charge in [0, 0.05) is 36.2 Å². The number of benzene rings is 1. The molecular weight excluding hydrogens is 400 g/mol. The number of nitrogens with one attached hydrogen (secondary N) is 1. The zero-order valence-corrected chi connectivity index (χ0v) is 19.2. The quantitative estimate of drug-likeness (QED) is 0.431. The van der Waals surface area contributed by atoms with Crippen LogP contribution in [0.2, 0.25) is 0 Å². The number of allylic oxidation sites excluding steroid dienone is 2. The maximum absolute atomic E-state index is 8.70. The molecule has 2 heterocycles. The first-order chi connectivity index (χ1) is 14.8. The second-order valence-corrected chi connectivity index (χ2v) is 7.77. The van der Waals surface area contributed by atoms with Crippen molar-refractivity contribution in [3.8, 4) is 0 Å². The van der Waals surface area contributed by atoms with E-state index in [9.17, 15) is 0 Å². The molecule has 1 aromatic carbocycles. The molecule has 0 saturated heterocycles. The number of likely N-dealkylation sites (N-methyl/N-ethyl adjacent to an activating group) is 1. The summed E-state index contributed by atoms with van der Waals surface area (Å²) < 4.78 is 10.9. The van der Waals surface area contributed by atoms with Gasteiger partial charge in [0.1, 0.15) is 23.9 Å². The van der Waals surface area contributed by atoms with Crippen molar-refractivity contribution < 1.29 is 9.26 Å². The molecule has 2 aromatic rings. The molecule has 0 spiro atoms. The molecular formula is C26H36N4O2. The molecule has 0 aliphatic carbocycles. The molecule has 1 aromatic heterocycles. The van der Waals surface area contributed by atoms with Crippen LogP contribution in [-0.2, 0) is 4.74 Å². The molecule has 0 amide bonds. The lowest BCUT2D eigenvalue weighted by atomic mass is 10.0. The number of hydrogen-bond acceptors (Lipinski definition) is 5. The summed E-state index contributed by atoms with van der Waals surface area (Å²) in [6.45, 7) is 20.5. The van der Waals surface area contributed by atoms with Crippen LogP contribution in [0.1, 0.15) is 57.7 Å². The Morgan fingerprint density at radius 1 is 1.25 bits per heavy atom. The first-order valence-corrected chi connectivity index (χ1v) is 10.6. The third-order valence-electron chi connectivity index (χ3n) is 5.58. The van der Waals surface area contributed by atoms with Gasteiger partial charge in [0.25, 0.3) is 0 Å². The Kier molecular flexibility index (Phi) is 8.22. The number of nitrogens with zero attached hydrogens (tertiary/aromatic N) is 3. The Morgan fingerprint density at radius 2 is 1.97 bits per heavy atom. The number of aromatic nitrogens is 1. The predicted molar refractivity (Wildman–Crippen MR) is 135 cm³/mol. The van der Waals surface area contributed by atoms with E-state index in [1.54, 1.807) is 0 Å². The molecule has 0 bridgehead atoms. The lowest BCUT2D eigenvalue weighted by Gasteiger charge is -2.29. The third-order valence-corrected chi connectivity index (χ3v) is 5.58. The normalized spacial score (nSPS) is 15.1. The molecule has 32 heavy (non-hydrogen) atoms. The van der Waals surface area contributed by atoms with Gasteiger partial charge in [-0.05, 0) is 57.9 Å². The monoisotopic (exact) mass is 436 g/mol. The summed E-state index contributed by atoms with van der Waals surface area (Å²) in [5.41, 5.74) is 7.74. The van der Waals surface area contributed by atoms with Crippen LogP contribution < -0.4 is 4.90 Å². The van der Waals surface area contributed by atoms with Gasteiger partial charge in [-0.3, -0.25) is 5.41 Å². The maximum atomic E-state index is 8.70. The Balaban J connectivity index is 0.00000363. The van der Waals surface area contributed by atoms with Crippen molar-refractivity contribution in [2.75, 3.05) is 31.2 Å². The fraction of sp³-hybridized carbons (Fsp3) is 0.385. The molecule has 0 atom stereocenters. The zero-order chi connectivity index (χ0) is 22.7. The lowest BCUT2D eigenvalue weighted by molar-refractivity contribution is 0.181. The van der Waals surface area contributed by atoms with Gasteiger partial charge in [0.15, 0.2) is 0 Å². The van der Waals surface area contributed by atoms with Crippen molar-refractivity contribution in [3.63, 3.8) is 0 Å². The maximum Gasteiger partial charge on any atom is 0.134 e. The highest BCUT2D eigenvalue weighted by molar-refractivity contribution is 5.94. The third kappa shape index (κ3) is 4.86. The van der Waals surface area contributed by atoms with Crippen LogP contribution in [0, 0.1) is 12.3 Å². The highest BCUT2D eigenvalue weighted by atomic mass is 16.5. The summed E-state index contributed by atoms with van der Waals surface area (Å²) in [5, 5.41) is 12.9. The SMILES string of the molecule is C.C=C(C)c1ccc2c(c1)C(=C)N(C(=N)COCC)C/C(=C(/C)c1cc(C)on1)N2CC. The first-order valence-electron chi connectivity index (χ1n) is 10.6. The van der Waals surface area contributed by atoms with Crippen LogP contribution in [0.15, 0.2) is 47.6 Å². The molecule has 0 fully saturated rings. The molecule has 1 aliphatic rings. The molecule has 0 saturated carbocycles. The van der Waals surface area contributed by atoms with Crippen LogP contribution in [0.25, 0.3) is 16.8 Å². The van der Waals surface area contributed by atoms with E-state index in [1.807, 2.05) is 31.7 Å². The van der Waals surface area contributed by atoms with Crippen LogP contribution in [0.3, 0.4) is 0 Å². The van der Waals surface area contributed by atoms with E-state index in [2.05, 4.69) is 55.3 Å². The average molecular weight is 437 g/mol. The summed E-state index contributed by atoms with van der Waals surface area (Å²) in [6, 6.07) is 8.26. The van der Waals surface area contributed by atoms with Crippen molar-refractivity contribution in [1.29, 1.82) is 5.41 Å². The number of hydrogen-bond donors (Lipinski definition) is 1. The molecule has 3 rings (SSSR count). The summed E-state index contributed by atoms with van der Waals surface area (Å²) in [5.74, 6) is 1.14. The van der Waals surface area contributed by atoms with E-state index in [0.717, 1.165) is 57.4 Å². The van der Waals surface area contributed by atoms with E-state index in [4.69, 9.17) is 14.7 Å². The molecule has 0 radical (unpaired) electrons. The number of fused-ring (bicyclic) bond motifs is 1. The van der Waals surface area contributed by atoms with Crippen molar-refractivity contribution in [3.05, 3.63) is 65.7 Å². The minimum atomic E-state index is 0. The Labute approximate surface area is 192 Å². The van der Waals surface area contributed by atoms with Crippen molar-refractivity contribution in [1.82, 2.24) is 10.1 Å². The topological polar surface area (TPSA) is 65.6 Å². The number of aryl methyl sites for hydroxylation is 1. The van der Waals surface area contributed by atoms with Gasteiger partial charge in [-0.2, -0.15) is 0 Å². The molecule has 6 nitrogen and oxygen atoms in total. The molecule has 0 unspecified atom stereocenters. The highest BCUT2D eigenvalue weighted by Gasteiger charge is 2.29. The van der Waals surface area contributed by atoms with Gasteiger partial charge in [-0.1, -0.05) is 37.4 Å². The van der Waals surface area contributed by atoms with Crippen LogP contribution in [-0.4, -0.2) is 42.2 Å². The first kappa shape index (κ1) is 25.1. The van der Waals surface area contributed by atoms with Gasteiger partial charge in [-0.25, -0.2) is 0 Å². The van der Waals surface area contributed by atoms with Crippen molar-refractivity contribution in [2.24, 2.45) is 0 Å². The highest BCUT2D eigenvalue weighted by Crippen LogP contribution is 2.38. The van der Waals surface area contributed by atoms with Gasteiger partial charge in [-0.15, -0.1) is 0 Å². The number of anilines is 1. The standard InChI is InChI=1S/C25H32N4O2.CH4/c1-8-28-23-11-10-20(16(3)4)13-21(23)19(7)29(25(26)15-30-9-2)14-24(28)18(6)22-12-17(5)31-27-22;/h10-13,26H,3,7-9,14-15H2,1-2,4-6H3;1H4/b24-18+,26-25?;. The van der Waals surface area contributed by atoms with Crippen LogP contribution in [0.5, 0.6) is 0 Å². The molecule has 1 N–H and O–H groups in total. The minimum absolute atomic E-state index is 0. The van der Waals surface area contributed by atoms with Crippen LogP contribution >= 0.6 is 0 Å². The Hall–Kier alpha value is -3.12. The smallest absolute Gasteiger partial charge is 0.134 e. The molecule has 6 heteroatoms. The van der Waals surface area contributed by atoms with Crippen molar-refractivity contribution >= 4 is 28.4 Å². The average Bonchev–Trinajstić information content (AvgIpc) is 3.14. The van der Waals surface area contributed by atoms with Gasteiger partial charge in [0.05, 0.1) is 12.2 Å². The van der Waals surface area contributed by atoms with Gasteiger partial charge < -0.3 is 19.1 Å². The van der Waals surface area contributed by atoms with Crippen LogP contribution in [0.4, 0.5) is 5.69 Å². The Morgan fingerprint density at radius 3 is 2.53 bits per heavy atom. The second-order valence-electron chi connectivity index (χ2n) is 7.77. The summed E-state index contributed by atoms with van der Waals surface area (Å²) in [7, 11) is 0. The number of ether oxygens (including phenoxy) is 1. The Bertz CT molecular complexity index is 1050. The van der Waals surface area contributed by atoms with Gasteiger partial charge in [0.2, 0.25) is 0 Å². The summed E-state index contributed by atoms with van der Waals surface area (Å²) >= 11 is 0. The molecule has 172 valence electrons. The van der Waals surface area contributed by atoms with E-state index >= 15 is 0 Å². The zero-order valence-electron chi connectivity index (χ0n) is 19.2. The lowest BCUT2D eigenvalue weighted by Crippen LogP contribution is -2.35.